The Balaban J connectivity index is 1.65. The third-order valence-corrected chi connectivity index (χ3v) is 5.05. The number of halogens is 3. The monoisotopic (exact) mass is 467 g/mol. The van der Waals surface area contributed by atoms with Crippen molar-refractivity contribution >= 4 is 23.6 Å². The fourth-order valence-corrected chi connectivity index (χ4v) is 3.50. The minimum Gasteiger partial charge on any atom is -0.321 e. The number of benzene rings is 1. The van der Waals surface area contributed by atoms with Gasteiger partial charge >= 0.3 is 12.2 Å². The average molecular weight is 467 g/mol. The number of carbonyl (C=O) groups excluding carboxylic acids is 2. The molecule has 1 saturated heterocycles. The van der Waals surface area contributed by atoms with Crippen LogP contribution in [0.4, 0.5) is 23.8 Å². The van der Waals surface area contributed by atoms with Gasteiger partial charge in [-0.15, -0.1) is 5.10 Å². The Kier molecular flexibility index (Phi) is 7.18. The molecule has 1 fully saturated rings. The van der Waals surface area contributed by atoms with Crippen molar-refractivity contribution in [3.05, 3.63) is 47.2 Å². The lowest BCUT2D eigenvalue weighted by Crippen LogP contribution is -2.49. The summed E-state index contributed by atoms with van der Waals surface area (Å²) in [6, 6.07) is 4.89. The largest absolute Gasteiger partial charge is 0.417 e. The predicted octanol–water partition coefficient (Wildman–Crippen LogP) is 0.730. The maximum Gasteiger partial charge on any atom is 0.417 e. The number of alkyl halides is 3. The van der Waals surface area contributed by atoms with Gasteiger partial charge in [0.2, 0.25) is 5.91 Å². The van der Waals surface area contributed by atoms with Crippen LogP contribution < -0.4 is 22.4 Å². The van der Waals surface area contributed by atoms with Crippen LogP contribution in [0.5, 0.6) is 0 Å². The lowest BCUT2D eigenvalue weighted by Gasteiger charge is -2.34. The Morgan fingerprint density at radius 2 is 1.88 bits per heavy atom. The molecule has 33 heavy (non-hydrogen) atoms. The smallest absolute Gasteiger partial charge is 0.321 e. The van der Waals surface area contributed by atoms with Crippen molar-refractivity contribution in [2.24, 2.45) is 16.8 Å². The minimum atomic E-state index is -4.60. The number of carbonyl (C=O) groups is 2. The second kappa shape index (κ2) is 9.87. The van der Waals surface area contributed by atoms with Crippen molar-refractivity contribution in [2.75, 3.05) is 31.5 Å². The van der Waals surface area contributed by atoms with Crippen molar-refractivity contribution < 1.29 is 22.8 Å². The van der Waals surface area contributed by atoms with Crippen molar-refractivity contribution in [1.82, 2.24) is 25.0 Å². The standard InChI is InChI=1S/C19H24F3N9O2/c1-12(32)25-16-4-5-31(28-16)18(33)30-8-6-29(7-9-30)11-13-2-3-15(19(20,21)22)14(10-13)17(26-23)27-24/h2-5,10H,6-9,11,23-24H2,1H3,(H,26,27)(H,25,28,32). The van der Waals surface area contributed by atoms with Gasteiger partial charge in [-0.3, -0.25) is 9.69 Å². The molecule has 0 aliphatic carbocycles. The normalized spacial score (nSPS) is 15.4. The first-order chi connectivity index (χ1) is 15.6. The van der Waals surface area contributed by atoms with Crippen molar-refractivity contribution in [2.45, 2.75) is 19.6 Å². The topological polar surface area (TPSA) is 147 Å². The summed E-state index contributed by atoms with van der Waals surface area (Å²) in [6.45, 7) is 3.53. The molecular formula is C19H24F3N9O2. The molecule has 0 bridgehead atoms. The highest BCUT2D eigenvalue weighted by atomic mass is 19.4. The van der Waals surface area contributed by atoms with E-state index in [1.165, 1.54) is 31.3 Å². The van der Waals surface area contributed by atoms with Crippen LogP contribution in [0.1, 0.15) is 23.6 Å². The van der Waals surface area contributed by atoms with Crippen LogP contribution in [0, 0.1) is 0 Å². The van der Waals surface area contributed by atoms with Gasteiger partial charge in [-0.05, 0) is 17.7 Å². The molecule has 1 aromatic heterocycles. The zero-order valence-electron chi connectivity index (χ0n) is 17.8. The number of rotatable bonds is 4. The third kappa shape index (κ3) is 5.78. The summed E-state index contributed by atoms with van der Waals surface area (Å²) in [5, 5.41) is 9.84. The summed E-state index contributed by atoms with van der Waals surface area (Å²) in [5.41, 5.74) is 1.56. The van der Waals surface area contributed by atoms with Crippen LogP contribution in [0.3, 0.4) is 0 Å². The number of nitrogens with one attached hydrogen (secondary N) is 2. The Hall–Kier alpha value is -3.65. The molecule has 178 valence electrons. The number of piperazine rings is 1. The van der Waals surface area contributed by atoms with E-state index in [4.69, 9.17) is 11.7 Å². The predicted molar refractivity (Wildman–Crippen MR) is 114 cm³/mol. The molecule has 1 aliphatic rings. The number of amides is 2. The summed E-state index contributed by atoms with van der Waals surface area (Å²) >= 11 is 0. The molecular weight excluding hydrogens is 443 g/mol. The van der Waals surface area contributed by atoms with Gasteiger partial charge in [0.05, 0.1) is 5.56 Å². The van der Waals surface area contributed by atoms with Crippen molar-refractivity contribution in [1.29, 1.82) is 0 Å². The van der Waals surface area contributed by atoms with Gasteiger partial charge in [0.1, 0.15) is 0 Å². The zero-order valence-corrected chi connectivity index (χ0v) is 17.8. The van der Waals surface area contributed by atoms with Crippen molar-refractivity contribution in [3.63, 3.8) is 0 Å². The first-order valence-corrected chi connectivity index (χ1v) is 9.92. The summed E-state index contributed by atoms with van der Waals surface area (Å²) in [4.78, 5) is 27.3. The molecule has 0 atom stereocenters. The number of hydrazine groups is 1. The van der Waals surface area contributed by atoms with Gasteiger partial charge in [-0.1, -0.05) is 6.07 Å². The van der Waals surface area contributed by atoms with Crippen molar-refractivity contribution in [3.8, 4) is 0 Å². The van der Waals surface area contributed by atoms with Gasteiger partial charge < -0.3 is 21.5 Å². The highest BCUT2D eigenvalue weighted by Gasteiger charge is 2.35. The summed E-state index contributed by atoms with van der Waals surface area (Å²) in [5.74, 6) is 10.2. The fourth-order valence-electron chi connectivity index (χ4n) is 3.50. The van der Waals surface area contributed by atoms with Crippen LogP contribution in [0.2, 0.25) is 0 Å². The molecule has 2 heterocycles. The summed E-state index contributed by atoms with van der Waals surface area (Å²) in [7, 11) is 0. The number of aromatic nitrogens is 2. The van der Waals surface area contributed by atoms with Crippen LogP contribution in [-0.4, -0.2) is 63.5 Å². The highest BCUT2D eigenvalue weighted by Crippen LogP contribution is 2.32. The Morgan fingerprint density at radius 3 is 2.45 bits per heavy atom. The van der Waals surface area contributed by atoms with E-state index in [1.807, 2.05) is 4.90 Å². The van der Waals surface area contributed by atoms with E-state index in [2.05, 4.69) is 20.9 Å². The van der Waals surface area contributed by atoms with Crippen LogP contribution in [0.15, 0.2) is 35.6 Å². The molecule has 2 amide bonds. The fraction of sp³-hybridized carbons (Fsp3) is 0.368. The first-order valence-electron chi connectivity index (χ1n) is 9.92. The summed E-state index contributed by atoms with van der Waals surface area (Å²) in [6.07, 6.45) is -3.13. The zero-order chi connectivity index (χ0) is 24.2. The molecule has 14 heteroatoms. The van der Waals surface area contributed by atoms with Gasteiger partial charge in [0.15, 0.2) is 11.7 Å². The second-order valence-electron chi connectivity index (χ2n) is 7.37. The lowest BCUT2D eigenvalue weighted by atomic mass is 10.0. The molecule has 0 saturated carbocycles. The molecule has 1 aromatic carbocycles. The Morgan fingerprint density at radius 1 is 1.18 bits per heavy atom. The SMILES string of the molecule is CC(=O)Nc1ccn(C(=O)N2CCN(Cc3ccc(C(F)(F)F)c(/C(=N/N)NN)c3)CC2)n1. The number of hydrogen-bond acceptors (Lipinski definition) is 7. The molecule has 0 radical (unpaired) electrons. The molecule has 3 rings (SSSR count). The lowest BCUT2D eigenvalue weighted by molar-refractivity contribution is -0.137. The maximum atomic E-state index is 13.4. The minimum absolute atomic E-state index is 0.243. The van der Waals surface area contributed by atoms with Crippen LogP contribution in [-0.2, 0) is 17.5 Å². The number of nitrogens with zero attached hydrogens (tertiary/aromatic N) is 5. The van der Waals surface area contributed by atoms with E-state index in [0.717, 1.165) is 10.7 Å². The van der Waals surface area contributed by atoms with Gasteiger partial charge in [0, 0.05) is 57.5 Å². The number of amidine groups is 1. The Bertz CT molecular complexity index is 1040. The maximum absolute atomic E-state index is 13.4. The van der Waals surface area contributed by atoms with E-state index in [1.54, 1.807) is 4.90 Å². The number of hydrazone groups is 1. The van der Waals surface area contributed by atoms with Gasteiger partial charge in [-0.2, -0.15) is 23.0 Å². The quantitative estimate of drug-likeness (QED) is 0.224. The number of nitrogens with two attached hydrogens (primary N) is 2. The molecule has 0 spiro atoms. The number of anilines is 1. The Labute approximate surface area is 187 Å². The third-order valence-electron chi connectivity index (χ3n) is 5.05. The molecule has 0 unspecified atom stereocenters. The van der Waals surface area contributed by atoms with Gasteiger partial charge in [0.25, 0.3) is 0 Å². The molecule has 11 nitrogen and oxygen atoms in total. The van der Waals surface area contributed by atoms with Gasteiger partial charge in [-0.25, -0.2) is 10.6 Å². The first kappa shape index (κ1) is 24.0. The van der Waals surface area contributed by atoms with E-state index in [9.17, 15) is 22.8 Å². The molecule has 6 N–H and O–H groups in total. The number of hydrogen-bond donors (Lipinski definition) is 4. The average Bonchev–Trinajstić information content (AvgIpc) is 3.22. The summed E-state index contributed by atoms with van der Waals surface area (Å²) < 4.78 is 41.2. The second-order valence-corrected chi connectivity index (χ2v) is 7.37. The highest BCUT2D eigenvalue weighted by molar-refractivity contribution is 5.99. The molecule has 1 aliphatic heterocycles. The van der Waals surface area contributed by atoms with E-state index in [0.29, 0.717) is 38.3 Å². The molecule has 2 aromatic rings. The van der Waals surface area contributed by atoms with E-state index < -0.39 is 11.7 Å². The van der Waals surface area contributed by atoms with Crippen LogP contribution in [0.25, 0.3) is 0 Å². The van der Waals surface area contributed by atoms with Crippen LogP contribution >= 0.6 is 0 Å². The van der Waals surface area contributed by atoms with E-state index >= 15 is 0 Å². The van der Waals surface area contributed by atoms with E-state index in [-0.39, 0.29) is 29.2 Å².